The molecule has 1 atom stereocenters. The minimum absolute atomic E-state index is 0.178. The van der Waals surface area contributed by atoms with Gasteiger partial charge in [-0.15, -0.1) is 0 Å². The molecule has 2 N–H and O–H groups in total. The van der Waals surface area contributed by atoms with Gasteiger partial charge in [0.2, 0.25) is 11.8 Å². The highest BCUT2D eigenvalue weighted by Gasteiger charge is 2.40. The summed E-state index contributed by atoms with van der Waals surface area (Å²) >= 11 is 0. The van der Waals surface area contributed by atoms with Crippen molar-refractivity contribution in [3.8, 4) is 0 Å². The van der Waals surface area contributed by atoms with Crippen LogP contribution in [0.5, 0.6) is 0 Å². The fourth-order valence-electron chi connectivity index (χ4n) is 5.40. The maximum atomic E-state index is 15.0. The molecule has 0 radical (unpaired) electrons. The van der Waals surface area contributed by atoms with E-state index in [0.717, 1.165) is 0 Å². The van der Waals surface area contributed by atoms with E-state index in [0.29, 0.717) is 69.9 Å². The van der Waals surface area contributed by atoms with E-state index in [4.69, 9.17) is 0 Å². The van der Waals surface area contributed by atoms with Crippen molar-refractivity contribution in [1.29, 1.82) is 0 Å². The number of alkyl halides is 1. The maximum Gasteiger partial charge on any atom is 0.255 e. The van der Waals surface area contributed by atoms with Gasteiger partial charge in [0.25, 0.3) is 5.91 Å². The first-order valence-electron chi connectivity index (χ1n) is 11.7. The summed E-state index contributed by atoms with van der Waals surface area (Å²) < 4.78 is 30.0. The van der Waals surface area contributed by atoms with Gasteiger partial charge in [0.15, 0.2) is 0 Å². The molecular weight excluding hydrogens is 432 g/mol. The van der Waals surface area contributed by atoms with Gasteiger partial charge in [-0.25, -0.2) is 8.78 Å². The average Bonchev–Trinajstić information content (AvgIpc) is 3.09. The van der Waals surface area contributed by atoms with Gasteiger partial charge in [-0.05, 0) is 50.0 Å². The van der Waals surface area contributed by atoms with Crippen LogP contribution in [0.2, 0.25) is 0 Å². The van der Waals surface area contributed by atoms with E-state index in [2.05, 4.69) is 15.5 Å². The monoisotopic (exact) mass is 461 g/mol. The number of halogens is 2. The Balaban J connectivity index is 1.25. The van der Waals surface area contributed by atoms with Crippen molar-refractivity contribution in [1.82, 2.24) is 20.4 Å². The molecule has 0 spiro atoms. The number of amides is 3. The molecule has 1 aromatic carbocycles. The lowest BCUT2D eigenvalue weighted by atomic mass is 9.93. The number of rotatable bonds is 4. The Morgan fingerprint density at radius 3 is 2.48 bits per heavy atom. The molecule has 4 aliphatic heterocycles. The van der Waals surface area contributed by atoms with Gasteiger partial charge in [0.1, 0.15) is 17.5 Å². The van der Waals surface area contributed by atoms with Crippen molar-refractivity contribution >= 4 is 23.4 Å². The summed E-state index contributed by atoms with van der Waals surface area (Å²) in [5.41, 5.74) is 0.223. The number of hydrogen-bond acceptors (Lipinski definition) is 6. The van der Waals surface area contributed by atoms with Crippen LogP contribution in [-0.2, 0) is 16.1 Å². The fourth-order valence-corrected chi connectivity index (χ4v) is 5.40. The smallest absolute Gasteiger partial charge is 0.255 e. The lowest BCUT2D eigenvalue weighted by Gasteiger charge is -2.40. The Morgan fingerprint density at radius 1 is 1.06 bits per heavy atom. The van der Waals surface area contributed by atoms with Crippen molar-refractivity contribution in [2.45, 2.75) is 43.9 Å². The predicted molar refractivity (Wildman–Crippen MR) is 117 cm³/mol. The summed E-state index contributed by atoms with van der Waals surface area (Å²) in [5.74, 6) is -1.68. The number of anilines is 1. The van der Waals surface area contributed by atoms with Crippen molar-refractivity contribution in [2.75, 3.05) is 50.7 Å². The molecule has 8 nitrogen and oxygen atoms in total. The van der Waals surface area contributed by atoms with Crippen LogP contribution in [0.3, 0.4) is 0 Å². The third-order valence-electron chi connectivity index (χ3n) is 7.31. The molecule has 0 saturated carbocycles. The van der Waals surface area contributed by atoms with E-state index < -0.39 is 23.4 Å². The van der Waals surface area contributed by atoms with E-state index >= 15 is 8.78 Å². The molecule has 0 bridgehead atoms. The highest BCUT2D eigenvalue weighted by molar-refractivity contribution is 6.05. The number of imide groups is 1. The summed E-state index contributed by atoms with van der Waals surface area (Å²) in [6, 6.07) is 2.24. The Labute approximate surface area is 191 Å². The number of benzene rings is 1. The van der Waals surface area contributed by atoms with Crippen molar-refractivity contribution in [3.05, 3.63) is 29.1 Å². The van der Waals surface area contributed by atoms with Gasteiger partial charge in [-0.3, -0.25) is 24.6 Å². The quantitative estimate of drug-likeness (QED) is 0.646. The molecule has 5 rings (SSSR count). The number of hydrogen-bond donors (Lipinski definition) is 2. The molecule has 0 aromatic heterocycles. The zero-order chi connectivity index (χ0) is 23.2. The maximum absolute atomic E-state index is 15.0. The second-order valence-corrected chi connectivity index (χ2v) is 9.52. The summed E-state index contributed by atoms with van der Waals surface area (Å²) in [6.07, 6.45) is 1.49. The molecule has 33 heavy (non-hydrogen) atoms. The number of piperidine rings is 2. The van der Waals surface area contributed by atoms with Gasteiger partial charge < -0.3 is 15.1 Å². The van der Waals surface area contributed by atoms with Crippen molar-refractivity contribution in [2.24, 2.45) is 0 Å². The number of carbonyl (C=O) groups excluding carboxylic acids is 3. The third kappa shape index (κ3) is 4.33. The second kappa shape index (κ2) is 8.64. The molecule has 1 unspecified atom stereocenters. The SMILES string of the molecule is O=C1CCC(N2Cc3cc(N4CCN(CC5(F)CCNCC5)CC4)c(F)cc3C2=O)C(=O)N1. The lowest BCUT2D eigenvalue weighted by Crippen LogP contribution is -2.53. The number of nitrogens with zero attached hydrogens (tertiary/aromatic N) is 3. The van der Waals surface area contributed by atoms with E-state index in [1.807, 2.05) is 4.90 Å². The highest BCUT2D eigenvalue weighted by Crippen LogP contribution is 2.33. The fraction of sp³-hybridized carbons (Fsp3) is 0.609. The zero-order valence-corrected chi connectivity index (χ0v) is 18.5. The largest absolute Gasteiger partial charge is 0.367 e. The van der Waals surface area contributed by atoms with Crippen LogP contribution in [0.4, 0.5) is 14.5 Å². The van der Waals surface area contributed by atoms with Crippen LogP contribution in [0, 0.1) is 5.82 Å². The lowest BCUT2D eigenvalue weighted by molar-refractivity contribution is -0.136. The molecule has 178 valence electrons. The molecule has 1 aromatic rings. The molecule has 3 fully saturated rings. The van der Waals surface area contributed by atoms with E-state index in [1.54, 1.807) is 6.07 Å². The van der Waals surface area contributed by atoms with E-state index in [-0.39, 0.29) is 36.8 Å². The summed E-state index contributed by atoms with van der Waals surface area (Å²) in [7, 11) is 0. The zero-order valence-electron chi connectivity index (χ0n) is 18.5. The van der Waals surface area contributed by atoms with Crippen molar-refractivity contribution < 1.29 is 23.2 Å². The second-order valence-electron chi connectivity index (χ2n) is 9.52. The number of nitrogens with one attached hydrogen (secondary N) is 2. The van der Waals surface area contributed by atoms with Crippen molar-refractivity contribution in [3.63, 3.8) is 0 Å². The molecule has 3 amide bonds. The number of carbonyl (C=O) groups is 3. The van der Waals surface area contributed by atoms with Gasteiger partial charge >= 0.3 is 0 Å². The third-order valence-corrected chi connectivity index (χ3v) is 7.31. The standard InChI is InChI=1S/C23H29F2N5O3/c24-17-12-16-15(13-30(22(16)33)18-1-2-20(31)27-21(18)32)11-19(17)29-9-7-28(8-10-29)14-23(25)3-5-26-6-4-23/h11-12,18,26H,1-10,13-14H2,(H,27,31,32). The van der Waals surface area contributed by atoms with Crippen LogP contribution < -0.4 is 15.5 Å². The minimum atomic E-state index is -1.16. The minimum Gasteiger partial charge on any atom is -0.367 e. The van der Waals surface area contributed by atoms with Crippen LogP contribution in [-0.4, -0.2) is 85.0 Å². The molecule has 3 saturated heterocycles. The molecular formula is C23H29F2N5O3. The Morgan fingerprint density at radius 2 is 1.79 bits per heavy atom. The first kappa shape index (κ1) is 22.2. The first-order valence-corrected chi connectivity index (χ1v) is 11.7. The van der Waals surface area contributed by atoms with Crippen LogP contribution in [0.25, 0.3) is 0 Å². The Kier molecular flexibility index (Phi) is 5.82. The van der Waals surface area contributed by atoms with Gasteiger partial charge in [0, 0.05) is 51.3 Å². The normalized spacial score (nSPS) is 25.9. The topological polar surface area (TPSA) is 85.0 Å². The van der Waals surface area contributed by atoms with Crippen LogP contribution in [0.15, 0.2) is 12.1 Å². The summed E-state index contributed by atoms with van der Waals surface area (Å²) in [5, 5.41) is 5.47. The van der Waals surface area contributed by atoms with Crippen LogP contribution >= 0.6 is 0 Å². The van der Waals surface area contributed by atoms with Gasteiger partial charge in [-0.2, -0.15) is 0 Å². The molecule has 4 aliphatic rings. The summed E-state index contributed by atoms with van der Waals surface area (Å²) in [6.45, 7) is 4.48. The van der Waals surface area contributed by atoms with Gasteiger partial charge in [-0.1, -0.05) is 0 Å². The van der Waals surface area contributed by atoms with E-state index in [1.165, 1.54) is 11.0 Å². The van der Waals surface area contributed by atoms with Crippen LogP contribution in [0.1, 0.15) is 41.6 Å². The highest BCUT2D eigenvalue weighted by atomic mass is 19.1. The van der Waals surface area contributed by atoms with E-state index in [9.17, 15) is 14.4 Å². The Hall–Kier alpha value is -2.59. The van der Waals surface area contributed by atoms with Gasteiger partial charge in [0.05, 0.1) is 5.69 Å². The molecule has 4 heterocycles. The average molecular weight is 462 g/mol. The molecule has 10 heteroatoms. The molecule has 0 aliphatic carbocycles. The predicted octanol–water partition coefficient (Wildman–Crippen LogP) is 0.800. The first-order chi connectivity index (χ1) is 15.8. The number of piperazine rings is 1. The number of fused-ring (bicyclic) bond motifs is 1. The summed E-state index contributed by atoms with van der Waals surface area (Å²) in [4.78, 5) is 42.0. The Bertz CT molecular complexity index is 973.